The summed E-state index contributed by atoms with van der Waals surface area (Å²) in [6, 6.07) is -0.329. The average molecular weight is 197 g/mol. The lowest BCUT2D eigenvalue weighted by molar-refractivity contribution is -0.246. The fourth-order valence-electron chi connectivity index (χ4n) is 1.48. The van der Waals surface area contributed by atoms with E-state index in [0.717, 1.165) is 0 Å². The van der Waals surface area contributed by atoms with Crippen molar-refractivity contribution in [3.63, 3.8) is 0 Å². The maximum atomic E-state index is 12.2. The Hall–Kier alpha value is -0.290. The second-order valence-electron chi connectivity index (χ2n) is 3.49. The van der Waals surface area contributed by atoms with Crippen LogP contribution in [0.3, 0.4) is 0 Å². The van der Waals surface area contributed by atoms with Crippen LogP contribution in [-0.4, -0.2) is 24.4 Å². The number of ether oxygens (including phenoxy) is 1. The summed E-state index contributed by atoms with van der Waals surface area (Å²) in [5, 5.41) is 0. The second-order valence-corrected chi connectivity index (χ2v) is 3.49. The number of halogens is 3. The van der Waals surface area contributed by atoms with Crippen LogP contribution in [0.25, 0.3) is 0 Å². The molecule has 0 bridgehead atoms. The molecule has 0 radical (unpaired) electrons. The van der Waals surface area contributed by atoms with Gasteiger partial charge in [-0.2, -0.15) is 13.2 Å². The van der Waals surface area contributed by atoms with Gasteiger partial charge in [0.15, 0.2) is 6.10 Å². The number of hydrogen-bond donors (Lipinski definition) is 1. The van der Waals surface area contributed by atoms with Crippen LogP contribution in [-0.2, 0) is 4.74 Å². The summed E-state index contributed by atoms with van der Waals surface area (Å²) in [5.74, 6) is 0. The zero-order valence-electron chi connectivity index (χ0n) is 7.47. The van der Waals surface area contributed by atoms with Crippen molar-refractivity contribution in [3.05, 3.63) is 0 Å². The standard InChI is InChI=1S/C8H14F3NO/c1-5(12)6-3-2-4-7(13-6)8(9,10)11/h5-7H,2-4,12H2,1H3/t5-,6?,7?/m0/s1. The van der Waals surface area contributed by atoms with Gasteiger partial charge in [-0.25, -0.2) is 0 Å². The van der Waals surface area contributed by atoms with Gasteiger partial charge in [-0.3, -0.25) is 0 Å². The third kappa shape index (κ3) is 2.84. The molecule has 0 aliphatic carbocycles. The molecule has 1 aliphatic heterocycles. The maximum Gasteiger partial charge on any atom is 0.414 e. The zero-order valence-corrected chi connectivity index (χ0v) is 7.47. The number of hydrogen-bond acceptors (Lipinski definition) is 2. The van der Waals surface area contributed by atoms with E-state index in [2.05, 4.69) is 0 Å². The van der Waals surface area contributed by atoms with E-state index in [-0.39, 0.29) is 12.5 Å². The number of alkyl halides is 3. The van der Waals surface area contributed by atoms with E-state index >= 15 is 0 Å². The third-order valence-electron chi connectivity index (χ3n) is 2.25. The van der Waals surface area contributed by atoms with Crippen LogP contribution in [0.15, 0.2) is 0 Å². The molecule has 2 N–H and O–H groups in total. The van der Waals surface area contributed by atoms with E-state index in [1.54, 1.807) is 6.92 Å². The van der Waals surface area contributed by atoms with E-state index in [1.165, 1.54) is 0 Å². The smallest absolute Gasteiger partial charge is 0.364 e. The van der Waals surface area contributed by atoms with Crippen molar-refractivity contribution in [2.75, 3.05) is 0 Å². The van der Waals surface area contributed by atoms with Crippen molar-refractivity contribution in [3.8, 4) is 0 Å². The van der Waals surface area contributed by atoms with Gasteiger partial charge in [0.05, 0.1) is 6.10 Å². The van der Waals surface area contributed by atoms with Gasteiger partial charge in [-0.05, 0) is 26.2 Å². The molecule has 0 spiro atoms. The molecule has 3 atom stereocenters. The molecule has 0 aromatic rings. The monoisotopic (exact) mass is 197 g/mol. The van der Waals surface area contributed by atoms with Crippen LogP contribution in [0.4, 0.5) is 13.2 Å². The van der Waals surface area contributed by atoms with Gasteiger partial charge in [0.2, 0.25) is 0 Å². The fraction of sp³-hybridized carbons (Fsp3) is 1.00. The minimum Gasteiger partial charge on any atom is -0.364 e. The summed E-state index contributed by atoms with van der Waals surface area (Å²) in [5.41, 5.74) is 5.48. The molecule has 78 valence electrons. The Bertz CT molecular complexity index is 169. The number of nitrogens with two attached hydrogens (primary N) is 1. The highest BCUT2D eigenvalue weighted by molar-refractivity contribution is 4.80. The third-order valence-corrected chi connectivity index (χ3v) is 2.25. The first-order chi connectivity index (χ1) is 5.91. The molecule has 1 rings (SSSR count). The van der Waals surface area contributed by atoms with E-state index < -0.39 is 18.4 Å². The summed E-state index contributed by atoms with van der Waals surface area (Å²) in [6.07, 6.45) is -5.07. The SMILES string of the molecule is C[C@H](N)C1CCCC(C(F)(F)F)O1. The van der Waals surface area contributed by atoms with E-state index in [0.29, 0.717) is 12.8 Å². The first kappa shape index (κ1) is 10.8. The highest BCUT2D eigenvalue weighted by atomic mass is 19.4. The molecule has 5 heteroatoms. The molecule has 1 fully saturated rings. The van der Waals surface area contributed by atoms with Crippen LogP contribution in [0.5, 0.6) is 0 Å². The zero-order chi connectivity index (χ0) is 10.1. The summed E-state index contributed by atoms with van der Waals surface area (Å²) < 4.78 is 41.5. The van der Waals surface area contributed by atoms with Gasteiger partial charge < -0.3 is 10.5 Å². The molecule has 0 aromatic carbocycles. The van der Waals surface area contributed by atoms with Crippen molar-refractivity contribution >= 4 is 0 Å². The molecule has 0 amide bonds. The highest BCUT2D eigenvalue weighted by Crippen LogP contribution is 2.32. The van der Waals surface area contributed by atoms with Gasteiger partial charge in [0.1, 0.15) is 0 Å². The number of rotatable bonds is 1. The molecule has 0 aromatic heterocycles. The van der Waals surface area contributed by atoms with Gasteiger partial charge in [0, 0.05) is 6.04 Å². The largest absolute Gasteiger partial charge is 0.414 e. The predicted octanol–water partition coefficient (Wildman–Crippen LogP) is 1.83. The molecule has 2 unspecified atom stereocenters. The van der Waals surface area contributed by atoms with Crippen molar-refractivity contribution in [2.24, 2.45) is 5.73 Å². The molecule has 13 heavy (non-hydrogen) atoms. The lowest BCUT2D eigenvalue weighted by atomic mass is 10.00. The van der Waals surface area contributed by atoms with E-state index in [1.807, 2.05) is 0 Å². The van der Waals surface area contributed by atoms with Crippen molar-refractivity contribution in [2.45, 2.75) is 50.6 Å². The molecular formula is C8H14F3NO. The average Bonchev–Trinajstić information content (AvgIpc) is 2.03. The Kier molecular flexibility index (Phi) is 3.18. The minimum atomic E-state index is -4.24. The minimum absolute atomic E-state index is 0.0622. The summed E-state index contributed by atoms with van der Waals surface area (Å²) in [6.45, 7) is 1.67. The molecular weight excluding hydrogens is 183 g/mol. The van der Waals surface area contributed by atoms with Gasteiger partial charge in [-0.1, -0.05) is 0 Å². The van der Waals surface area contributed by atoms with Gasteiger partial charge in [-0.15, -0.1) is 0 Å². The molecule has 1 saturated heterocycles. The van der Waals surface area contributed by atoms with Crippen molar-refractivity contribution in [1.82, 2.24) is 0 Å². The Morgan fingerprint density at radius 1 is 1.38 bits per heavy atom. The topological polar surface area (TPSA) is 35.2 Å². The first-order valence-corrected chi connectivity index (χ1v) is 4.39. The van der Waals surface area contributed by atoms with Crippen LogP contribution < -0.4 is 5.73 Å². The van der Waals surface area contributed by atoms with Gasteiger partial charge in [0.25, 0.3) is 0 Å². The molecule has 2 nitrogen and oxygen atoms in total. The fourth-order valence-corrected chi connectivity index (χ4v) is 1.48. The lowest BCUT2D eigenvalue weighted by Gasteiger charge is -2.33. The molecule has 1 heterocycles. The van der Waals surface area contributed by atoms with E-state index in [9.17, 15) is 13.2 Å². The Morgan fingerprint density at radius 2 is 2.00 bits per heavy atom. The summed E-state index contributed by atoms with van der Waals surface area (Å²) >= 11 is 0. The van der Waals surface area contributed by atoms with Crippen molar-refractivity contribution in [1.29, 1.82) is 0 Å². The van der Waals surface area contributed by atoms with Crippen molar-refractivity contribution < 1.29 is 17.9 Å². The molecule has 1 aliphatic rings. The quantitative estimate of drug-likeness (QED) is 0.696. The predicted molar refractivity (Wildman–Crippen MR) is 42.2 cm³/mol. The summed E-state index contributed by atoms with van der Waals surface area (Å²) in [7, 11) is 0. The lowest BCUT2D eigenvalue weighted by Crippen LogP contribution is -2.45. The van der Waals surface area contributed by atoms with Crippen LogP contribution in [0.2, 0.25) is 0 Å². The van der Waals surface area contributed by atoms with Crippen LogP contribution in [0.1, 0.15) is 26.2 Å². The van der Waals surface area contributed by atoms with Crippen LogP contribution in [0, 0.1) is 0 Å². The Labute approximate surface area is 75.2 Å². The Balaban J connectivity index is 2.52. The maximum absolute atomic E-state index is 12.2. The summed E-state index contributed by atoms with van der Waals surface area (Å²) in [4.78, 5) is 0. The highest BCUT2D eigenvalue weighted by Gasteiger charge is 2.43. The van der Waals surface area contributed by atoms with Crippen LogP contribution >= 0.6 is 0 Å². The van der Waals surface area contributed by atoms with Gasteiger partial charge >= 0.3 is 6.18 Å². The normalized spacial score (nSPS) is 33.0. The second kappa shape index (κ2) is 3.84. The Morgan fingerprint density at radius 3 is 2.46 bits per heavy atom. The van der Waals surface area contributed by atoms with E-state index in [4.69, 9.17) is 10.5 Å². The first-order valence-electron chi connectivity index (χ1n) is 4.39. The molecule has 0 saturated carbocycles.